The quantitative estimate of drug-likeness (QED) is 0.734. The van der Waals surface area contributed by atoms with Gasteiger partial charge in [-0.1, -0.05) is 36.4 Å². The van der Waals surface area contributed by atoms with Crippen molar-refractivity contribution >= 4 is 11.6 Å². The van der Waals surface area contributed by atoms with Gasteiger partial charge in [-0.05, 0) is 24.1 Å². The van der Waals surface area contributed by atoms with Gasteiger partial charge in [-0.25, -0.2) is 4.39 Å². The number of hydrogen-bond acceptors (Lipinski definition) is 3. The summed E-state index contributed by atoms with van der Waals surface area (Å²) < 4.78 is 13.4. The first kappa shape index (κ1) is 15.0. The van der Waals surface area contributed by atoms with Crippen LogP contribution in [0, 0.1) is 5.82 Å². The van der Waals surface area contributed by atoms with Gasteiger partial charge in [0.15, 0.2) is 0 Å². The van der Waals surface area contributed by atoms with Crippen LogP contribution in [0.4, 0.5) is 10.1 Å². The first-order valence-corrected chi connectivity index (χ1v) is 6.61. The minimum atomic E-state index is -0.633. The van der Waals surface area contributed by atoms with Crippen molar-refractivity contribution in [1.82, 2.24) is 5.32 Å². The maximum atomic E-state index is 13.4. The van der Waals surface area contributed by atoms with Crippen LogP contribution in [-0.2, 0) is 6.42 Å². The first-order valence-electron chi connectivity index (χ1n) is 6.61. The predicted octanol–water partition coefficient (Wildman–Crippen LogP) is 1.74. The Bertz CT molecular complexity index is 617. The molecule has 1 amide bonds. The molecule has 0 aliphatic carbocycles. The molecule has 4 nitrogen and oxygen atoms in total. The third kappa shape index (κ3) is 3.79. The maximum absolute atomic E-state index is 13.4. The van der Waals surface area contributed by atoms with Crippen LogP contribution in [0.1, 0.15) is 15.9 Å². The molecule has 0 aliphatic rings. The average molecular weight is 288 g/mol. The van der Waals surface area contributed by atoms with E-state index in [0.717, 1.165) is 5.56 Å². The highest BCUT2D eigenvalue weighted by Gasteiger charge is 2.17. The monoisotopic (exact) mass is 288 g/mol. The minimum Gasteiger partial charge on any atom is -0.396 e. The molecule has 5 heteroatoms. The standard InChI is InChI=1S/C16H17FN2O2/c17-14-8-4-7-13(15(14)18)16(21)19-12(10-20)9-11-5-2-1-3-6-11/h1-8,12,20H,9-10,18H2,(H,19,21). The molecule has 0 aromatic heterocycles. The van der Waals surface area contributed by atoms with Gasteiger partial charge in [0.1, 0.15) is 5.82 Å². The van der Waals surface area contributed by atoms with Crippen LogP contribution in [0.15, 0.2) is 48.5 Å². The van der Waals surface area contributed by atoms with Gasteiger partial charge in [-0.15, -0.1) is 0 Å². The van der Waals surface area contributed by atoms with E-state index in [0.29, 0.717) is 6.42 Å². The van der Waals surface area contributed by atoms with E-state index in [1.54, 1.807) is 0 Å². The molecule has 0 radical (unpaired) electrons. The van der Waals surface area contributed by atoms with Crippen molar-refractivity contribution in [3.8, 4) is 0 Å². The predicted molar refractivity (Wildman–Crippen MR) is 79.3 cm³/mol. The molecule has 2 aromatic rings. The second-order valence-corrected chi connectivity index (χ2v) is 4.74. The van der Waals surface area contributed by atoms with Crippen molar-refractivity contribution < 1.29 is 14.3 Å². The molecule has 2 rings (SSSR count). The van der Waals surface area contributed by atoms with E-state index in [-0.39, 0.29) is 17.9 Å². The van der Waals surface area contributed by atoms with Gasteiger partial charge in [0.2, 0.25) is 0 Å². The molecule has 4 N–H and O–H groups in total. The van der Waals surface area contributed by atoms with Gasteiger partial charge in [-0.3, -0.25) is 4.79 Å². The van der Waals surface area contributed by atoms with Crippen molar-refractivity contribution in [2.75, 3.05) is 12.3 Å². The highest BCUT2D eigenvalue weighted by atomic mass is 19.1. The summed E-state index contributed by atoms with van der Waals surface area (Å²) in [5.41, 5.74) is 6.43. The van der Waals surface area contributed by atoms with Crippen LogP contribution >= 0.6 is 0 Å². The van der Waals surface area contributed by atoms with E-state index in [4.69, 9.17) is 5.73 Å². The van der Waals surface area contributed by atoms with E-state index in [1.165, 1.54) is 18.2 Å². The molecular weight excluding hydrogens is 271 g/mol. The molecule has 0 saturated carbocycles. The van der Waals surface area contributed by atoms with Gasteiger partial charge in [-0.2, -0.15) is 0 Å². The van der Waals surface area contributed by atoms with Crippen molar-refractivity contribution in [3.63, 3.8) is 0 Å². The van der Waals surface area contributed by atoms with Crippen LogP contribution in [0.25, 0.3) is 0 Å². The fraction of sp³-hybridized carbons (Fsp3) is 0.188. The lowest BCUT2D eigenvalue weighted by Crippen LogP contribution is -2.39. The van der Waals surface area contributed by atoms with Crippen molar-refractivity contribution in [2.45, 2.75) is 12.5 Å². The SMILES string of the molecule is Nc1c(F)cccc1C(=O)NC(CO)Cc1ccccc1. The highest BCUT2D eigenvalue weighted by Crippen LogP contribution is 2.16. The summed E-state index contributed by atoms with van der Waals surface area (Å²) in [6.07, 6.45) is 0.484. The Hall–Kier alpha value is -2.40. The van der Waals surface area contributed by atoms with Crippen LogP contribution < -0.4 is 11.1 Å². The second-order valence-electron chi connectivity index (χ2n) is 4.74. The number of nitrogen functional groups attached to an aromatic ring is 1. The summed E-state index contributed by atoms with van der Waals surface area (Å²) in [5, 5.41) is 12.1. The first-order chi connectivity index (χ1) is 10.1. The number of nitrogens with one attached hydrogen (secondary N) is 1. The molecule has 1 atom stereocenters. The van der Waals surface area contributed by atoms with Crippen molar-refractivity contribution in [2.24, 2.45) is 0 Å². The largest absolute Gasteiger partial charge is 0.396 e. The number of aliphatic hydroxyl groups is 1. The van der Waals surface area contributed by atoms with E-state index in [2.05, 4.69) is 5.32 Å². The summed E-state index contributed by atoms with van der Waals surface area (Å²) in [5.74, 6) is -1.13. The molecular formula is C16H17FN2O2. The number of hydrogen-bond donors (Lipinski definition) is 3. The second kappa shape index (κ2) is 6.85. The number of aliphatic hydroxyl groups excluding tert-OH is 1. The number of rotatable bonds is 5. The van der Waals surface area contributed by atoms with E-state index in [9.17, 15) is 14.3 Å². The van der Waals surface area contributed by atoms with E-state index in [1.807, 2.05) is 30.3 Å². The topological polar surface area (TPSA) is 75.4 Å². The summed E-state index contributed by atoms with van der Waals surface area (Å²) in [7, 11) is 0. The van der Waals surface area contributed by atoms with Crippen LogP contribution in [0.3, 0.4) is 0 Å². The number of anilines is 1. The van der Waals surface area contributed by atoms with Gasteiger partial charge >= 0.3 is 0 Å². The Labute approximate surface area is 122 Å². The molecule has 0 bridgehead atoms. The zero-order valence-corrected chi connectivity index (χ0v) is 11.4. The van der Waals surface area contributed by atoms with Gasteiger partial charge in [0.05, 0.1) is 23.9 Å². The number of para-hydroxylation sites is 1. The molecule has 0 aliphatic heterocycles. The summed E-state index contributed by atoms with van der Waals surface area (Å²) in [6.45, 7) is -0.212. The van der Waals surface area contributed by atoms with Crippen LogP contribution in [-0.4, -0.2) is 23.7 Å². The number of benzene rings is 2. The zero-order valence-electron chi connectivity index (χ0n) is 11.4. The summed E-state index contributed by atoms with van der Waals surface area (Å²) >= 11 is 0. The number of carbonyl (C=O) groups excluding carboxylic acids is 1. The number of amides is 1. The lowest BCUT2D eigenvalue weighted by Gasteiger charge is -2.17. The summed E-state index contributed by atoms with van der Waals surface area (Å²) in [6, 6.07) is 13.1. The molecule has 0 heterocycles. The normalized spacial score (nSPS) is 11.9. The van der Waals surface area contributed by atoms with Crippen LogP contribution in [0.2, 0.25) is 0 Å². The summed E-state index contributed by atoms with van der Waals surface area (Å²) in [4.78, 5) is 12.1. The Kier molecular flexibility index (Phi) is 4.90. The lowest BCUT2D eigenvalue weighted by molar-refractivity contribution is 0.0917. The third-order valence-corrected chi connectivity index (χ3v) is 3.18. The minimum absolute atomic E-state index is 0.0708. The van der Waals surface area contributed by atoms with Gasteiger partial charge < -0.3 is 16.2 Å². The van der Waals surface area contributed by atoms with Gasteiger partial charge in [0.25, 0.3) is 5.91 Å². The average Bonchev–Trinajstić information content (AvgIpc) is 2.50. The molecule has 0 spiro atoms. The Balaban J connectivity index is 2.08. The molecule has 110 valence electrons. The maximum Gasteiger partial charge on any atom is 0.253 e. The highest BCUT2D eigenvalue weighted by molar-refractivity contribution is 5.99. The van der Waals surface area contributed by atoms with Crippen LogP contribution in [0.5, 0.6) is 0 Å². The molecule has 21 heavy (non-hydrogen) atoms. The van der Waals surface area contributed by atoms with Gasteiger partial charge in [0, 0.05) is 0 Å². The van der Waals surface area contributed by atoms with Crippen molar-refractivity contribution in [3.05, 3.63) is 65.5 Å². The molecule has 0 saturated heterocycles. The molecule has 2 aromatic carbocycles. The van der Waals surface area contributed by atoms with E-state index >= 15 is 0 Å². The lowest BCUT2D eigenvalue weighted by atomic mass is 10.1. The number of nitrogens with two attached hydrogens (primary N) is 1. The smallest absolute Gasteiger partial charge is 0.253 e. The number of carbonyl (C=O) groups is 1. The molecule has 0 fully saturated rings. The van der Waals surface area contributed by atoms with Crippen molar-refractivity contribution in [1.29, 1.82) is 0 Å². The fourth-order valence-corrected chi connectivity index (χ4v) is 2.06. The Morgan fingerprint density at radius 3 is 2.57 bits per heavy atom. The molecule has 1 unspecified atom stereocenters. The zero-order chi connectivity index (χ0) is 15.2. The Morgan fingerprint density at radius 1 is 1.19 bits per heavy atom. The Morgan fingerprint density at radius 2 is 1.90 bits per heavy atom. The van der Waals surface area contributed by atoms with E-state index < -0.39 is 17.8 Å². The third-order valence-electron chi connectivity index (χ3n) is 3.18. The number of halogens is 1. The fourth-order valence-electron chi connectivity index (χ4n) is 2.06.